The van der Waals surface area contributed by atoms with Gasteiger partial charge in [-0.1, -0.05) is 26.2 Å². The Kier molecular flexibility index (Phi) is 4.17. The summed E-state index contributed by atoms with van der Waals surface area (Å²) in [5, 5.41) is -0.804. The molecule has 1 aromatic rings. The Bertz CT molecular complexity index is 424. The molecule has 1 saturated carbocycles. The van der Waals surface area contributed by atoms with Gasteiger partial charge in [-0.05, 0) is 18.3 Å². The van der Waals surface area contributed by atoms with E-state index in [1.54, 1.807) is 0 Å². The Balaban J connectivity index is 2.24. The number of hydrogen-bond donors (Lipinski definition) is 2. The first-order valence-corrected chi connectivity index (χ1v) is 7.17. The lowest BCUT2D eigenvalue weighted by atomic mass is 9.70. The number of hydrazine groups is 1. The second-order valence-corrected chi connectivity index (χ2v) is 6.44. The van der Waals surface area contributed by atoms with Crippen LogP contribution >= 0.6 is 11.3 Å². The molecule has 19 heavy (non-hydrogen) atoms. The Morgan fingerprint density at radius 2 is 2.00 bits per heavy atom. The van der Waals surface area contributed by atoms with Crippen molar-refractivity contribution < 1.29 is 13.2 Å². The summed E-state index contributed by atoms with van der Waals surface area (Å²) in [6, 6.07) is -0.263. The van der Waals surface area contributed by atoms with Crippen molar-refractivity contribution in [3.8, 4) is 0 Å². The van der Waals surface area contributed by atoms with Crippen molar-refractivity contribution in [1.29, 1.82) is 0 Å². The number of nitrogens with zero attached hydrogens (tertiary/aromatic N) is 1. The molecule has 1 fully saturated rings. The standard InChI is InChI=1S/C12H18F3N3S/c1-11(5-3-2-4-6-11)9(18-16)8-7-17-10(19-8)12(13,14)15/h7,9,18H,2-6,16H2,1H3. The van der Waals surface area contributed by atoms with Crippen LogP contribution in [-0.2, 0) is 6.18 Å². The molecule has 108 valence electrons. The van der Waals surface area contributed by atoms with E-state index in [2.05, 4.69) is 17.3 Å². The largest absolute Gasteiger partial charge is 0.443 e. The highest BCUT2D eigenvalue weighted by Gasteiger charge is 2.40. The van der Waals surface area contributed by atoms with Gasteiger partial charge in [0.05, 0.1) is 6.04 Å². The zero-order chi connectivity index (χ0) is 14.1. The molecule has 0 bridgehead atoms. The lowest BCUT2D eigenvalue weighted by Gasteiger charge is -2.39. The highest BCUT2D eigenvalue weighted by Crippen LogP contribution is 2.47. The molecule has 1 unspecified atom stereocenters. The highest BCUT2D eigenvalue weighted by molar-refractivity contribution is 7.11. The third-order valence-corrected chi connectivity index (χ3v) is 5.02. The molecular weight excluding hydrogens is 275 g/mol. The average molecular weight is 293 g/mol. The van der Waals surface area contributed by atoms with E-state index >= 15 is 0 Å². The van der Waals surface area contributed by atoms with E-state index in [4.69, 9.17) is 5.84 Å². The second-order valence-electron chi connectivity index (χ2n) is 5.38. The molecule has 0 saturated heterocycles. The van der Waals surface area contributed by atoms with Gasteiger partial charge >= 0.3 is 6.18 Å². The lowest BCUT2D eigenvalue weighted by molar-refractivity contribution is -0.137. The van der Waals surface area contributed by atoms with Crippen molar-refractivity contribution in [2.75, 3.05) is 0 Å². The highest BCUT2D eigenvalue weighted by atomic mass is 32.1. The minimum Gasteiger partial charge on any atom is -0.271 e. The molecule has 0 radical (unpaired) electrons. The zero-order valence-corrected chi connectivity index (χ0v) is 11.6. The molecule has 3 N–H and O–H groups in total. The van der Waals surface area contributed by atoms with Gasteiger partial charge < -0.3 is 0 Å². The monoisotopic (exact) mass is 293 g/mol. The molecule has 7 heteroatoms. The summed E-state index contributed by atoms with van der Waals surface area (Å²) >= 11 is 0.686. The van der Waals surface area contributed by atoms with Crippen molar-refractivity contribution in [2.45, 2.75) is 51.2 Å². The maximum Gasteiger partial charge on any atom is 0.443 e. The molecule has 0 aliphatic heterocycles. The van der Waals surface area contributed by atoms with Crippen molar-refractivity contribution in [1.82, 2.24) is 10.4 Å². The van der Waals surface area contributed by atoms with Crippen LogP contribution in [0.1, 0.15) is 55.0 Å². The van der Waals surface area contributed by atoms with E-state index < -0.39 is 11.2 Å². The number of aromatic nitrogens is 1. The van der Waals surface area contributed by atoms with Crippen molar-refractivity contribution in [3.63, 3.8) is 0 Å². The maximum absolute atomic E-state index is 12.6. The van der Waals surface area contributed by atoms with Gasteiger partial charge in [-0.25, -0.2) is 4.98 Å². The van der Waals surface area contributed by atoms with Crippen LogP contribution < -0.4 is 11.3 Å². The minimum absolute atomic E-state index is 0.0948. The van der Waals surface area contributed by atoms with E-state index in [9.17, 15) is 13.2 Å². The molecule has 2 rings (SSSR count). The topological polar surface area (TPSA) is 50.9 Å². The lowest BCUT2D eigenvalue weighted by Crippen LogP contribution is -2.40. The fourth-order valence-corrected chi connectivity index (χ4v) is 3.85. The Morgan fingerprint density at radius 3 is 2.47 bits per heavy atom. The van der Waals surface area contributed by atoms with E-state index in [1.807, 2.05) is 0 Å². The van der Waals surface area contributed by atoms with E-state index in [1.165, 1.54) is 12.6 Å². The summed E-state index contributed by atoms with van der Waals surface area (Å²) < 4.78 is 37.8. The SMILES string of the molecule is CC1(C(NN)c2cnc(C(F)(F)F)s2)CCCCC1. The predicted molar refractivity (Wildman–Crippen MR) is 68.4 cm³/mol. The fraction of sp³-hybridized carbons (Fsp3) is 0.750. The molecule has 0 amide bonds. The van der Waals surface area contributed by atoms with Crippen LogP contribution in [0, 0.1) is 5.41 Å². The Labute approximate surface area is 114 Å². The Hall–Kier alpha value is -0.660. The number of hydrogen-bond acceptors (Lipinski definition) is 4. The van der Waals surface area contributed by atoms with Crippen LogP contribution in [-0.4, -0.2) is 4.98 Å². The number of alkyl halides is 3. The van der Waals surface area contributed by atoms with Crippen LogP contribution in [0.15, 0.2) is 6.20 Å². The number of halogens is 3. The molecule has 1 atom stereocenters. The first-order chi connectivity index (χ1) is 8.87. The molecule has 0 aromatic carbocycles. The quantitative estimate of drug-likeness (QED) is 0.661. The van der Waals surface area contributed by atoms with E-state index in [0.717, 1.165) is 25.7 Å². The van der Waals surface area contributed by atoms with Gasteiger partial charge in [0.15, 0.2) is 5.01 Å². The number of rotatable bonds is 3. The van der Waals surface area contributed by atoms with Gasteiger partial charge in [0.25, 0.3) is 0 Å². The number of nitrogens with one attached hydrogen (secondary N) is 1. The molecule has 3 nitrogen and oxygen atoms in total. The second kappa shape index (κ2) is 5.38. The first-order valence-electron chi connectivity index (χ1n) is 6.36. The summed E-state index contributed by atoms with van der Waals surface area (Å²) in [7, 11) is 0. The van der Waals surface area contributed by atoms with Gasteiger partial charge in [0, 0.05) is 11.1 Å². The summed E-state index contributed by atoms with van der Waals surface area (Å²) in [5.74, 6) is 5.59. The van der Waals surface area contributed by atoms with E-state index in [0.29, 0.717) is 16.2 Å². The molecule has 1 aliphatic carbocycles. The normalized spacial score (nSPS) is 21.3. The Morgan fingerprint density at radius 1 is 1.37 bits per heavy atom. The van der Waals surface area contributed by atoms with E-state index in [-0.39, 0.29) is 11.5 Å². The zero-order valence-electron chi connectivity index (χ0n) is 10.8. The third kappa shape index (κ3) is 3.09. The van der Waals surface area contributed by atoms with Gasteiger partial charge in [0.2, 0.25) is 0 Å². The third-order valence-electron chi connectivity index (χ3n) is 3.91. The average Bonchev–Trinajstić information content (AvgIpc) is 2.79. The van der Waals surface area contributed by atoms with Crippen LogP contribution in [0.2, 0.25) is 0 Å². The molecule has 1 aromatic heterocycles. The van der Waals surface area contributed by atoms with Crippen molar-refractivity contribution in [3.05, 3.63) is 16.1 Å². The molecule has 1 heterocycles. The number of thiazole rings is 1. The van der Waals surface area contributed by atoms with Crippen LogP contribution in [0.3, 0.4) is 0 Å². The van der Waals surface area contributed by atoms with Crippen LogP contribution in [0.4, 0.5) is 13.2 Å². The minimum atomic E-state index is -4.38. The van der Waals surface area contributed by atoms with Crippen LogP contribution in [0.25, 0.3) is 0 Å². The summed E-state index contributed by atoms with van der Waals surface area (Å²) in [5.41, 5.74) is 2.60. The number of nitrogens with two attached hydrogens (primary N) is 1. The molecule has 1 aliphatic rings. The predicted octanol–water partition coefficient (Wildman–Crippen LogP) is 3.64. The smallest absolute Gasteiger partial charge is 0.271 e. The van der Waals surface area contributed by atoms with Crippen molar-refractivity contribution >= 4 is 11.3 Å². The first kappa shape index (κ1) is 14.7. The summed E-state index contributed by atoms with van der Waals surface area (Å²) in [4.78, 5) is 4.05. The van der Waals surface area contributed by atoms with Crippen LogP contribution in [0.5, 0.6) is 0 Å². The fourth-order valence-electron chi connectivity index (χ4n) is 2.83. The molecule has 0 spiro atoms. The molecular formula is C12H18F3N3S. The van der Waals surface area contributed by atoms with Gasteiger partial charge in [-0.15, -0.1) is 11.3 Å². The van der Waals surface area contributed by atoms with Gasteiger partial charge in [0.1, 0.15) is 0 Å². The maximum atomic E-state index is 12.6. The summed E-state index contributed by atoms with van der Waals surface area (Å²) in [6.45, 7) is 2.09. The summed E-state index contributed by atoms with van der Waals surface area (Å²) in [6.07, 6.45) is 2.25. The van der Waals surface area contributed by atoms with Gasteiger partial charge in [-0.2, -0.15) is 13.2 Å². The van der Waals surface area contributed by atoms with Gasteiger partial charge in [-0.3, -0.25) is 11.3 Å². The van der Waals surface area contributed by atoms with Crippen molar-refractivity contribution in [2.24, 2.45) is 11.3 Å².